The number of amides is 1. The van der Waals surface area contributed by atoms with Crippen molar-refractivity contribution >= 4 is 17.7 Å². The second-order valence-corrected chi connectivity index (χ2v) is 7.73. The van der Waals surface area contributed by atoms with Crippen LogP contribution in [0.2, 0.25) is 0 Å². The van der Waals surface area contributed by atoms with Gasteiger partial charge in [0.25, 0.3) is 5.91 Å². The summed E-state index contributed by atoms with van der Waals surface area (Å²) in [6.45, 7) is 0.876. The van der Waals surface area contributed by atoms with Crippen molar-refractivity contribution in [2.75, 3.05) is 20.3 Å². The van der Waals surface area contributed by atoms with Crippen LogP contribution in [0.15, 0.2) is 76.5 Å². The highest BCUT2D eigenvalue weighted by Gasteiger charge is 2.19. The van der Waals surface area contributed by atoms with Crippen LogP contribution < -0.4 is 5.32 Å². The molecule has 4 aromatic rings. The summed E-state index contributed by atoms with van der Waals surface area (Å²) in [5.74, 6) is 1.06. The molecule has 7 nitrogen and oxygen atoms in total. The van der Waals surface area contributed by atoms with Gasteiger partial charge in [0.2, 0.25) is 5.82 Å². The van der Waals surface area contributed by atoms with Gasteiger partial charge in [0.1, 0.15) is 5.82 Å². The molecule has 32 heavy (non-hydrogen) atoms. The number of benzene rings is 2. The number of carbonyl (C=O) groups excluding carboxylic acids is 1. The largest absolute Gasteiger partial charge is 0.461 e. The van der Waals surface area contributed by atoms with Gasteiger partial charge in [-0.3, -0.25) is 9.36 Å². The number of nitrogens with one attached hydrogen (secondary N) is 1. The number of methoxy groups -OCH3 is 1. The van der Waals surface area contributed by atoms with Crippen molar-refractivity contribution < 1.29 is 18.3 Å². The molecule has 0 spiro atoms. The summed E-state index contributed by atoms with van der Waals surface area (Å²) in [5.41, 5.74) is 2.16. The molecule has 0 atom stereocenters. The quantitative estimate of drug-likeness (QED) is 0.301. The van der Waals surface area contributed by atoms with Crippen LogP contribution in [0.5, 0.6) is 0 Å². The number of furan rings is 1. The predicted octanol–water partition coefficient (Wildman–Crippen LogP) is 4.33. The maximum absolute atomic E-state index is 13.5. The van der Waals surface area contributed by atoms with Gasteiger partial charge in [0.15, 0.2) is 10.9 Å². The molecule has 1 N–H and O–H groups in total. The summed E-state index contributed by atoms with van der Waals surface area (Å²) in [6.07, 6.45) is 1.56. The van der Waals surface area contributed by atoms with Gasteiger partial charge in [-0.1, -0.05) is 30.0 Å². The Morgan fingerprint density at radius 2 is 1.94 bits per heavy atom. The lowest BCUT2D eigenvalue weighted by molar-refractivity contribution is 0.0936. The van der Waals surface area contributed by atoms with Crippen LogP contribution in [-0.2, 0) is 10.5 Å². The van der Waals surface area contributed by atoms with Crippen LogP contribution >= 0.6 is 11.8 Å². The number of hydrogen-bond acceptors (Lipinski definition) is 6. The van der Waals surface area contributed by atoms with Gasteiger partial charge in [0.05, 0.1) is 18.6 Å². The first-order valence-corrected chi connectivity index (χ1v) is 10.9. The summed E-state index contributed by atoms with van der Waals surface area (Å²) >= 11 is 1.43. The summed E-state index contributed by atoms with van der Waals surface area (Å²) in [7, 11) is 1.59. The highest BCUT2D eigenvalue weighted by atomic mass is 32.2. The third-order valence-electron chi connectivity index (χ3n) is 4.67. The lowest BCUT2D eigenvalue weighted by Crippen LogP contribution is -2.27. The number of thioether (sulfide) groups is 1. The van der Waals surface area contributed by atoms with Gasteiger partial charge in [-0.05, 0) is 48.0 Å². The first-order valence-electron chi connectivity index (χ1n) is 9.90. The molecule has 1 amide bonds. The van der Waals surface area contributed by atoms with E-state index in [-0.39, 0.29) is 11.7 Å². The maximum Gasteiger partial charge on any atom is 0.251 e. The van der Waals surface area contributed by atoms with E-state index < -0.39 is 0 Å². The topological polar surface area (TPSA) is 82.2 Å². The molecule has 0 bridgehead atoms. The van der Waals surface area contributed by atoms with Crippen LogP contribution in [0.4, 0.5) is 4.39 Å². The van der Waals surface area contributed by atoms with E-state index in [1.807, 2.05) is 22.8 Å². The van der Waals surface area contributed by atoms with Crippen LogP contribution in [-0.4, -0.2) is 40.9 Å². The molecular weight excluding hydrogens is 431 g/mol. The Hall–Kier alpha value is -3.43. The van der Waals surface area contributed by atoms with Crippen molar-refractivity contribution in [3.05, 3.63) is 83.9 Å². The molecule has 0 saturated carbocycles. The van der Waals surface area contributed by atoms with Crippen molar-refractivity contribution in [2.24, 2.45) is 0 Å². The molecule has 2 aromatic heterocycles. The summed E-state index contributed by atoms with van der Waals surface area (Å²) < 4.78 is 25.8. The van der Waals surface area contributed by atoms with E-state index >= 15 is 0 Å². The predicted molar refractivity (Wildman–Crippen MR) is 119 cm³/mol. The summed E-state index contributed by atoms with van der Waals surface area (Å²) in [4.78, 5) is 12.6. The number of nitrogens with zero attached hydrogens (tertiary/aromatic N) is 3. The second-order valence-electron chi connectivity index (χ2n) is 6.79. The maximum atomic E-state index is 13.5. The van der Waals surface area contributed by atoms with Crippen molar-refractivity contribution in [3.63, 3.8) is 0 Å². The smallest absolute Gasteiger partial charge is 0.251 e. The zero-order valence-corrected chi connectivity index (χ0v) is 18.1. The highest BCUT2D eigenvalue weighted by Crippen LogP contribution is 2.30. The van der Waals surface area contributed by atoms with Gasteiger partial charge in [-0.25, -0.2) is 4.39 Å². The number of rotatable bonds is 9. The normalized spacial score (nSPS) is 10.9. The minimum absolute atomic E-state index is 0.158. The molecule has 0 unspecified atom stereocenters. The van der Waals surface area contributed by atoms with Gasteiger partial charge < -0.3 is 14.5 Å². The van der Waals surface area contributed by atoms with E-state index in [1.165, 1.54) is 23.9 Å². The Labute approximate surface area is 188 Å². The molecule has 0 radical (unpaired) electrons. The molecule has 0 fully saturated rings. The minimum Gasteiger partial charge on any atom is -0.461 e. The fourth-order valence-electron chi connectivity index (χ4n) is 3.12. The molecule has 0 aliphatic carbocycles. The molecule has 2 aromatic carbocycles. The van der Waals surface area contributed by atoms with Crippen molar-refractivity contribution in [1.82, 2.24) is 20.1 Å². The average molecular weight is 453 g/mol. The van der Waals surface area contributed by atoms with E-state index in [0.717, 1.165) is 5.56 Å². The van der Waals surface area contributed by atoms with Crippen LogP contribution in [0, 0.1) is 5.82 Å². The van der Waals surface area contributed by atoms with E-state index in [9.17, 15) is 9.18 Å². The zero-order valence-electron chi connectivity index (χ0n) is 17.3. The lowest BCUT2D eigenvalue weighted by Gasteiger charge is -2.11. The number of carbonyl (C=O) groups is 1. The minimum atomic E-state index is -0.330. The lowest BCUT2D eigenvalue weighted by atomic mass is 10.1. The monoisotopic (exact) mass is 452 g/mol. The number of hydrogen-bond donors (Lipinski definition) is 1. The average Bonchev–Trinajstić information content (AvgIpc) is 3.48. The number of aromatic nitrogens is 3. The Morgan fingerprint density at radius 1 is 1.12 bits per heavy atom. The van der Waals surface area contributed by atoms with E-state index in [2.05, 4.69) is 15.5 Å². The SMILES string of the molecule is COCCNC(=O)c1ccccc1CSc1nnc(-c2ccco2)n1-c1ccc(F)cc1. The Bertz CT molecular complexity index is 1180. The Balaban J connectivity index is 1.61. The molecular formula is C23H21FN4O3S. The first kappa shape index (κ1) is 21.8. The van der Waals surface area contributed by atoms with E-state index in [0.29, 0.717) is 46.9 Å². The number of halogens is 1. The number of ether oxygens (including phenoxy) is 1. The van der Waals surface area contributed by atoms with Crippen LogP contribution in [0.1, 0.15) is 15.9 Å². The van der Waals surface area contributed by atoms with Gasteiger partial charge in [-0.2, -0.15) is 0 Å². The van der Waals surface area contributed by atoms with Gasteiger partial charge in [-0.15, -0.1) is 10.2 Å². The molecule has 4 rings (SSSR count). The zero-order chi connectivity index (χ0) is 22.3. The fourth-order valence-corrected chi connectivity index (χ4v) is 4.08. The summed E-state index contributed by atoms with van der Waals surface area (Å²) in [6, 6.07) is 17.1. The summed E-state index contributed by atoms with van der Waals surface area (Å²) in [5, 5.41) is 12.1. The Kier molecular flexibility index (Phi) is 6.98. The van der Waals surface area contributed by atoms with E-state index in [1.54, 1.807) is 43.7 Å². The third-order valence-corrected chi connectivity index (χ3v) is 5.65. The molecule has 0 aliphatic heterocycles. The van der Waals surface area contributed by atoms with Gasteiger partial charge in [0, 0.05) is 25.0 Å². The van der Waals surface area contributed by atoms with E-state index in [4.69, 9.17) is 9.15 Å². The second kappa shape index (κ2) is 10.3. The first-order chi connectivity index (χ1) is 15.7. The molecule has 164 valence electrons. The molecule has 0 aliphatic rings. The standard InChI is InChI=1S/C23H21FN4O3S/c1-30-14-12-25-22(29)19-6-3-2-5-16(19)15-32-23-27-26-21(20-7-4-13-31-20)28(23)18-10-8-17(24)9-11-18/h2-11,13H,12,14-15H2,1H3,(H,25,29). The van der Waals surface area contributed by atoms with Gasteiger partial charge >= 0.3 is 0 Å². The van der Waals surface area contributed by atoms with Crippen LogP contribution in [0.3, 0.4) is 0 Å². The molecule has 0 saturated heterocycles. The fraction of sp³-hybridized carbons (Fsp3) is 0.174. The van der Waals surface area contributed by atoms with Crippen molar-refractivity contribution in [1.29, 1.82) is 0 Å². The Morgan fingerprint density at radius 3 is 2.69 bits per heavy atom. The highest BCUT2D eigenvalue weighted by molar-refractivity contribution is 7.98. The van der Waals surface area contributed by atoms with Crippen molar-refractivity contribution in [3.8, 4) is 17.3 Å². The van der Waals surface area contributed by atoms with Crippen LogP contribution in [0.25, 0.3) is 17.3 Å². The van der Waals surface area contributed by atoms with Crippen molar-refractivity contribution in [2.45, 2.75) is 10.9 Å². The third kappa shape index (κ3) is 4.90. The molecule has 9 heteroatoms. The molecule has 2 heterocycles.